The van der Waals surface area contributed by atoms with Crippen LogP contribution in [-0.4, -0.2) is 21.4 Å². The first kappa shape index (κ1) is 17.7. The van der Waals surface area contributed by atoms with Crippen molar-refractivity contribution in [3.63, 3.8) is 0 Å². The molecule has 2 heterocycles. The van der Waals surface area contributed by atoms with Crippen LogP contribution in [0.5, 0.6) is 0 Å². The quantitative estimate of drug-likeness (QED) is 0.846. The summed E-state index contributed by atoms with van der Waals surface area (Å²) in [5, 5.41) is 0. The van der Waals surface area contributed by atoms with E-state index < -0.39 is 17.5 Å². The second-order valence-electron chi connectivity index (χ2n) is 7.37. The van der Waals surface area contributed by atoms with Crippen molar-refractivity contribution in [2.75, 3.05) is 6.54 Å². The molecule has 0 spiro atoms. The Morgan fingerprint density at radius 2 is 1.88 bits per heavy atom. The normalized spacial score (nSPS) is 15.3. The maximum absolute atomic E-state index is 13.9. The van der Waals surface area contributed by atoms with E-state index in [1.165, 1.54) is 0 Å². The number of nitrogens with zero attached hydrogens (tertiary/aromatic N) is 2. The third-order valence-electron chi connectivity index (χ3n) is 4.38. The minimum Gasteiger partial charge on any atom is -0.310 e. The highest BCUT2D eigenvalue weighted by Gasteiger charge is 2.26. The van der Waals surface area contributed by atoms with Crippen molar-refractivity contribution >= 4 is 0 Å². The minimum atomic E-state index is -1.18. The Bertz CT molecular complexity index is 871. The second-order valence-corrected chi connectivity index (χ2v) is 7.37. The first-order valence-electron chi connectivity index (χ1n) is 8.14. The van der Waals surface area contributed by atoms with E-state index in [-0.39, 0.29) is 29.6 Å². The van der Waals surface area contributed by atoms with Crippen LogP contribution in [0.15, 0.2) is 16.9 Å². The highest BCUT2D eigenvalue weighted by molar-refractivity contribution is 5.25. The van der Waals surface area contributed by atoms with E-state index in [2.05, 4.69) is 9.97 Å². The number of rotatable bonds is 2. The molecule has 0 aliphatic carbocycles. The third-order valence-corrected chi connectivity index (χ3v) is 4.38. The molecule has 0 saturated carbocycles. The number of H-pyrrole nitrogens is 1. The molecular formula is C18H20F3N3O. The molecule has 2 aromatic rings. The van der Waals surface area contributed by atoms with Gasteiger partial charge in [0.1, 0.15) is 11.6 Å². The molecule has 25 heavy (non-hydrogen) atoms. The van der Waals surface area contributed by atoms with Crippen LogP contribution >= 0.6 is 0 Å². The number of benzene rings is 1. The van der Waals surface area contributed by atoms with Gasteiger partial charge in [-0.25, -0.2) is 18.2 Å². The Kier molecular flexibility index (Phi) is 4.45. The van der Waals surface area contributed by atoms with Crippen molar-refractivity contribution in [3.05, 3.63) is 62.6 Å². The number of aromatic nitrogens is 2. The van der Waals surface area contributed by atoms with Crippen molar-refractivity contribution in [2.45, 2.75) is 45.7 Å². The van der Waals surface area contributed by atoms with Gasteiger partial charge in [0.05, 0.1) is 11.3 Å². The fourth-order valence-electron chi connectivity index (χ4n) is 2.91. The van der Waals surface area contributed by atoms with E-state index in [0.717, 1.165) is 12.1 Å². The van der Waals surface area contributed by atoms with Gasteiger partial charge >= 0.3 is 0 Å². The van der Waals surface area contributed by atoms with Gasteiger partial charge in [-0.3, -0.25) is 9.69 Å². The van der Waals surface area contributed by atoms with Gasteiger partial charge in [-0.1, -0.05) is 20.8 Å². The van der Waals surface area contributed by atoms with Gasteiger partial charge in [0.25, 0.3) is 5.56 Å². The molecule has 0 bridgehead atoms. The number of halogens is 3. The summed E-state index contributed by atoms with van der Waals surface area (Å²) < 4.78 is 41.0. The zero-order valence-corrected chi connectivity index (χ0v) is 14.4. The molecule has 3 rings (SSSR count). The third kappa shape index (κ3) is 3.46. The molecular weight excluding hydrogens is 331 g/mol. The number of hydrogen-bond donors (Lipinski definition) is 1. The Labute approximate surface area is 143 Å². The fraction of sp³-hybridized carbons (Fsp3) is 0.444. The average Bonchev–Trinajstić information content (AvgIpc) is 2.54. The first-order valence-corrected chi connectivity index (χ1v) is 8.14. The second kappa shape index (κ2) is 6.29. The van der Waals surface area contributed by atoms with Gasteiger partial charge in [0.2, 0.25) is 0 Å². The zero-order chi connectivity index (χ0) is 18.4. The van der Waals surface area contributed by atoms with Crippen LogP contribution in [0.25, 0.3) is 0 Å². The molecule has 4 nitrogen and oxygen atoms in total. The lowest BCUT2D eigenvalue weighted by molar-refractivity contribution is 0.233. The van der Waals surface area contributed by atoms with Crippen LogP contribution in [-0.2, 0) is 24.9 Å². The van der Waals surface area contributed by atoms with E-state index in [0.29, 0.717) is 30.0 Å². The monoisotopic (exact) mass is 351 g/mol. The van der Waals surface area contributed by atoms with Crippen LogP contribution < -0.4 is 5.56 Å². The van der Waals surface area contributed by atoms with E-state index in [1.807, 2.05) is 20.8 Å². The molecule has 0 fully saturated rings. The Hall–Kier alpha value is -2.15. The highest BCUT2D eigenvalue weighted by Crippen LogP contribution is 2.23. The molecule has 1 aliphatic rings. The Morgan fingerprint density at radius 3 is 2.56 bits per heavy atom. The SMILES string of the molecule is CC(C)(C)c1nc2c(c(=O)[nH]1)CN(Cc1c(F)ccc(F)c1F)CC2. The molecule has 0 atom stereocenters. The lowest BCUT2D eigenvalue weighted by atomic mass is 9.95. The summed E-state index contributed by atoms with van der Waals surface area (Å²) in [6.07, 6.45) is 0.501. The molecule has 0 radical (unpaired) electrons. The van der Waals surface area contributed by atoms with Gasteiger partial charge in [0, 0.05) is 37.0 Å². The van der Waals surface area contributed by atoms with Gasteiger partial charge < -0.3 is 4.98 Å². The van der Waals surface area contributed by atoms with E-state index >= 15 is 0 Å². The fourth-order valence-corrected chi connectivity index (χ4v) is 2.91. The summed E-state index contributed by atoms with van der Waals surface area (Å²) in [4.78, 5) is 21.4. The van der Waals surface area contributed by atoms with Crippen molar-refractivity contribution in [2.24, 2.45) is 0 Å². The van der Waals surface area contributed by atoms with Crippen LogP contribution in [0.4, 0.5) is 13.2 Å². The van der Waals surface area contributed by atoms with E-state index in [4.69, 9.17) is 0 Å². The maximum atomic E-state index is 13.9. The number of fused-ring (bicyclic) bond motifs is 1. The van der Waals surface area contributed by atoms with Crippen LogP contribution in [0.3, 0.4) is 0 Å². The standard InChI is InChI=1S/C18H20F3N3O/c1-18(2,3)17-22-14-6-7-24(9-11(14)16(25)23-17)8-10-12(19)4-5-13(20)15(10)21/h4-5H,6-9H2,1-3H3,(H,22,23,25). The topological polar surface area (TPSA) is 49.0 Å². The van der Waals surface area contributed by atoms with Gasteiger partial charge in [-0.15, -0.1) is 0 Å². The Balaban J connectivity index is 1.88. The number of aromatic amines is 1. The molecule has 0 amide bonds. The van der Waals surface area contributed by atoms with Crippen molar-refractivity contribution in [3.8, 4) is 0 Å². The van der Waals surface area contributed by atoms with Gasteiger partial charge in [-0.2, -0.15) is 0 Å². The first-order chi connectivity index (χ1) is 11.7. The summed E-state index contributed by atoms with van der Waals surface area (Å²) in [5.74, 6) is -2.43. The zero-order valence-electron chi connectivity index (χ0n) is 14.4. The summed E-state index contributed by atoms with van der Waals surface area (Å²) in [6.45, 7) is 6.49. The van der Waals surface area contributed by atoms with Gasteiger partial charge in [-0.05, 0) is 12.1 Å². The molecule has 0 unspecified atom stereocenters. The van der Waals surface area contributed by atoms with Crippen molar-refractivity contribution in [1.29, 1.82) is 0 Å². The lowest BCUT2D eigenvalue weighted by Gasteiger charge is -2.29. The summed E-state index contributed by atoms with van der Waals surface area (Å²) in [6, 6.07) is 1.68. The van der Waals surface area contributed by atoms with Crippen LogP contribution in [0.2, 0.25) is 0 Å². The highest BCUT2D eigenvalue weighted by atomic mass is 19.2. The molecule has 7 heteroatoms. The van der Waals surface area contributed by atoms with E-state index in [1.54, 1.807) is 4.90 Å². The molecule has 1 aliphatic heterocycles. The Morgan fingerprint density at radius 1 is 1.20 bits per heavy atom. The molecule has 134 valence electrons. The molecule has 1 aromatic carbocycles. The molecule has 0 saturated heterocycles. The van der Waals surface area contributed by atoms with Crippen molar-refractivity contribution < 1.29 is 13.2 Å². The summed E-state index contributed by atoms with van der Waals surface area (Å²) in [5.41, 5.74) is 0.375. The number of nitrogens with one attached hydrogen (secondary N) is 1. The summed E-state index contributed by atoms with van der Waals surface area (Å²) in [7, 11) is 0. The molecule has 1 aromatic heterocycles. The predicted molar refractivity (Wildman–Crippen MR) is 87.7 cm³/mol. The maximum Gasteiger partial charge on any atom is 0.255 e. The largest absolute Gasteiger partial charge is 0.310 e. The predicted octanol–water partition coefficient (Wildman–Crippen LogP) is 3.04. The van der Waals surface area contributed by atoms with Crippen LogP contribution in [0, 0.1) is 17.5 Å². The minimum absolute atomic E-state index is 0.102. The van der Waals surface area contributed by atoms with Gasteiger partial charge in [0.15, 0.2) is 11.6 Å². The average molecular weight is 351 g/mol. The summed E-state index contributed by atoms with van der Waals surface area (Å²) >= 11 is 0. The smallest absolute Gasteiger partial charge is 0.255 e. The van der Waals surface area contributed by atoms with Crippen molar-refractivity contribution in [1.82, 2.24) is 14.9 Å². The lowest BCUT2D eigenvalue weighted by Crippen LogP contribution is -2.37. The molecule has 1 N–H and O–H groups in total. The van der Waals surface area contributed by atoms with E-state index in [9.17, 15) is 18.0 Å². The van der Waals surface area contributed by atoms with Crippen LogP contribution in [0.1, 0.15) is 43.4 Å². The number of hydrogen-bond acceptors (Lipinski definition) is 3.